The predicted octanol–water partition coefficient (Wildman–Crippen LogP) is 3.36. The molecule has 1 aliphatic rings. The molecule has 94 valence electrons. The number of rotatable bonds is 3. The van der Waals surface area contributed by atoms with Crippen molar-refractivity contribution in [1.82, 2.24) is 9.97 Å². The fourth-order valence-electron chi connectivity index (χ4n) is 1.33. The van der Waals surface area contributed by atoms with Crippen molar-refractivity contribution in [1.29, 1.82) is 0 Å². The Morgan fingerprint density at radius 2 is 2.06 bits per heavy atom. The van der Waals surface area contributed by atoms with Crippen molar-refractivity contribution in [3.05, 3.63) is 17.0 Å². The Kier molecular flexibility index (Phi) is 2.93. The van der Waals surface area contributed by atoms with Gasteiger partial charge in [0.1, 0.15) is 11.0 Å². The van der Waals surface area contributed by atoms with Gasteiger partial charge < -0.3 is 5.32 Å². The van der Waals surface area contributed by atoms with E-state index >= 15 is 0 Å². The van der Waals surface area contributed by atoms with E-state index in [9.17, 15) is 13.2 Å². The molecule has 0 saturated heterocycles. The molecule has 1 fully saturated rings. The summed E-state index contributed by atoms with van der Waals surface area (Å²) >= 11 is 5.53. The van der Waals surface area contributed by atoms with Crippen LogP contribution in [0.15, 0.2) is 6.07 Å². The molecule has 2 rings (SSSR count). The van der Waals surface area contributed by atoms with Gasteiger partial charge in [0.15, 0.2) is 0 Å². The Balaban J connectivity index is 2.14. The average molecular weight is 266 g/mol. The van der Waals surface area contributed by atoms with Crippen molar-refractivity contribution < 1.29 is 13.2 Å². The van der Waals surface area contributed by atoms with E-state index in [2.05, 4.69) is 22.2 Å². The van der Waals surface area contributed by atoms with Crippen LogP contribution >= 0.6 is 11.6 Å². The fraction of sp³-hybridized carbons (Fsp3) is 0.600. The summed E-state index contributed by atoms with van der Waals surface area (Å²) in [5, 5.41) is 2.65. The maximum atomic E-state index is 12.4. The van der Waals surface area contributed by atoms with Crippen molar-refractivity contribution in [2.45, 2.75) is 25.9 Å². The largest absolute Gasteiger partial charge is 0.451 e. The monoisotopic (exact) mass is 265 g/mol. The zero-order chi connectivity index (χ0) is 12.7. The molecule has 0 radical (unpaired) electrons. The molecule has 1 saturated carbocycles. The zero-order valence-electron chi connectivity index (χ0n) is 9.10. The molecule has 0 bridgehead atoms. The van der Waals surface area contributed by atoms with E-state index in [1.165, 1.54) is 6.07 Å². The highest BCUT2D eigenvalue weighted by atomic mass is 35.5. The SMILES string of the molecule is CC1(CNc2cc(Cl)nc(C(F)(F)F)n2)CC1. The lowest BCUT2D eigenvalue weighted by Gasteiger charge is -2.12. The van der Waals surface area contributed by atoms with Crippen LogP contribution in [-0.2, 0) is 6.18 Å². The maximum Gasteiger partial charge on any atom is 0.451 e. The first-order valence-electron chi connectivity index (χ1n) is 5.14. The van der Waals surface area contributed by atoms with Crippen LogP contribution in [-0.4, -0.2) is 16.5 Å². The third-order valence-electron chi connectivity index (χ3n) is 2.75. The van der Waals surface area contributed by atoms with Crippen molar-refractivity contribution in [3.8, 4) is 0 Å². The topological polar surface area (TPSA) is 37.8 Å². The quantitative estimate of drug-likeness (QED) is 0.852. The minimum Gasteiger partial charge on any atom is -0.369 e. The molecule has 7 heteroatoms. The second kappa shape index (κ2) is 4.01. The second-order valence-corrected chi connectivity index (χ2v) is 4.95. The smallest absolute Gasteiger partial charge is 0.369 e. The van der Waals surface area contributed by atoms with E-state index in [-0.39, 0.29) is 16.4 Å². The molecule has 0 spiro atoms. The maximum absolute atomic E-state index is 12.4. The second-order valence-electron chi connectivity index (χ2n) is 4.56. The van der Waals surface area contributed by atoms with Crippen molar-refractivity contribution in [2.24, 2.45) is 5.41 Å². The highest BCUT2D eigenvalue weighted by Crippen LogP contribution is 2.44. The summed E-state index contributed by atoms with van der Waals surface area (Å²) in [6, 6.07) is 1.29. The fourth-order valence-corrected chi connectivity index (χ4v) is 1.51. The first kappa shape index (κ1) is 12.4. The van der Waals surface area contributed by atoms with Gasteiger partial charge in [-0.3, -0.25) is 0 Å². The van der Waals surface area contributed by atoms with Crippen LogP contribution in [0.4, 0.5) is 19.0 Å². The van der Waals surface area contributed by atoms with Gasteiger partial charge >= 0.3 is 6.18 Å². The Bertz CT molecular complexity index is 429. The van der Waals surface area contributed by atoms with Crippen molar-refractivity contribution in [3.63, 3.8) is 0 Å². The third kappa shape index (κ3) is 3.21. The first-order chi connectivity index (χ1) is 7.78. The predicted molar refractivity (Wildman–Crippen MR) is 57.9 cm³/mol. The number of hydrogen-bond donors (Lipinski definition) is 1. The van der Waals surface area contributed by atoms with E-state index in [0.29, 0.717) is 6.54 Å². The zero-order valence-corrected chi connectivity index (χ0v) is 9.86. The van der Waals surface area contributed by atoms with Crippen molar-refractivity contribution >= 4 is 17.4 Å². The highest BCUT2D eigenvalue weighted by molar-refractivity contribution is 6.29. The Labute approximate surface area is 101 Å². The molecule has 0 aliphatic heterocycles. The molecule has 1 aromatic rings. The van der Waals surface area contributed by atoms with Crippen LogP contribution in [0.2, 0.25) is 5.15 Å². The van der Waals surface area contributed by atoms with Crippen LogP contribution in [0.3, 0.4) is 0 Å². The molecule has 17 heavy (non-hydrogen) atoms. The molecular formula is C10H11ClF3N3. The minimum absolute atomic E-state index is 0.116. The molecule has 0 amide bonds. The first-order valence-corrected chi connectivity index (χ1v) is 5.52. The number of alkyl halides is 3. The van der Waals surface area contributed by atoms with Gasteiger partial charge in [0.05, 0.1) is 0 Å². The lowest BCUT2D eigenvalue weighted by Crippen LogP contribution is -2.16. The van der Waals surface area contributed by atoms with Crippen LogP contribution in [0.25, 0.3) is 0 Å². The van der Waals surface area contributed by atoms with E-state index in [4.69, 9.17) is 11.6 Å². The summed E-state index contributed by atoms with van der Waals surface area (Å²) in [5.41, 5.74) is 0.176. The van der Waals surface area contributed by atoms with Crippen molar-refractivity contribution in [2.75, 3.05) is 11.9 Å². The number of anilines is 1. The van der Waals surface area contributed by atoms with Crippen LogP contribution in [0, 0.1) is 5.41 Å². The summed E-state index contributed by atoms with van der Waals surface area (Å²) in [6.45, 7) is 2.66. The highest BCUT2D eigenvalue weighted by Gasteiger charge is 2.38. The van der Waals surface area contributed by atoms with Crippen LogP contribution < -0.4 is 5.32 Å². The van der Waals surface area contributed by atoms with Crippen LogP contribution in [0.1, 0.15) is 25.6 Å². The minimum atomic E-state index is -4.58. The molecular weight excluding hydrogens is 255 g/mol. The number of aromatic nitrogens is 2. The lowest BCUT2D eigenvalue weighted by atomic mass is 10.1. The van der Waals surface area contributed by atoms with Gasteiger partial charge in [-0.15, -0.1) is 0 Å². The van der Waals surface area contributed by atoms with Crippen LogP contribution in [0.5, 0.6) is 0 Å². The van der Waals surface area contributed by atoms with Gasteiger partial charge in [-0.05, 0) is 18.3 Å². The number of hydrogen-bond acceptors (Lipinski definition) is 3. The van der Waals surface area contributed by atoms with Gasteiger partial charge in [0, 0.05) is 12.6 Å². The summed E-state index contributed by atoms with van der Waals surface area (Å²) in [5.74, 6) is -1.10. The van der Waals surface area contributed by atoms with E-state index < -0.39 is 12.0 Å². The van der Waals surface area contributed by atoms with Gasteiger partial charge in [-0.25, -0.2) is 9.97 Å². The average Bonchev–Trinajstić information content (AvgIpc) is 2.92. The normalized spacial score (nSPS) is 17.9. The molecule has 0 unspecified atom stereocenters. The molecule has 1 aliphatic carbocycles. The van der Waals surface area contributed by atoms with E-state index in [1.54, 1.807) is 0 Å². The van der Waals surface area contributed by atoms with Gasteiger partial charge in [0.2, 0.25) is 5.82 Å². The summed E-state index contributed by atoms with van der Waals surface area (Å²) in [4.78, 5) is 6.56. The Morgan fingerprint density at radius 3 is 2.59 bits per heavy atom. The van der Waals surface area contributed by atoms with E-state index in [1.807, 2.05) is 0 Å². The van der Waals surface area contributed by atoms with Gasteiger partial charge in [-0.2, -0.15) is 13.2 Å². The molecule has 1 heterocycles. The summed E-state index contributed by atoms with van der Waals surface area (Å²) < 4.78 is 37.3. The van der Waals surface area contributed by atoms with Gasteiger partial charge in [-0.1, -0.05) is 18.5 Å². The van der Waals surface area contributed by atoms with Gasteiger partial charge in [0.25, 0.3) is 0 Å². The third-order valence-corrected chi connectivity index (χ3v) is 2.94. The summed E-state index contributed by atoms with van der Waals surface area (Å²) in [6.07, 6.45) is -2.43. The molecule has 1 aromatic heterocycles. The number of nitrogens with one attached hydrogen (secondary N) is 1. The summed E-state index contributed by atoms with van der Waals surface area (Å²) in [7, 11) is 0. The number of halogens is 4. The Hall–Kier alpha value is -1.04. The molecule has 0 aromatic carbocycles. The molecule has 1 N–H and O–H groups in total. The Morgan fingerprint density at radius 1 is 1.41 bits per heavy atom. The molecule has 3 nitrogen and oxygen atoms in total. The lowest BCUT2D eigenvalue weighted by molar-refractivity contribution is -0.144. The van der Waals surface area contributed by atoms with E-state index in [0.717, 1.165) is 12.8 Å². The molecule has 0 atom stereocenters. The number of nitrogens with zero attached hydrogens (tertiary/aromatic N) is 2. The standard InChI is InChI=1S/C10H11ClF3N3/c1-9(2-3-9)5-15-7-4-6(11)16-8(17-7)10(12,13)14/h4H,2-3,5H2,1H3,(H,15,16,17).